The highest BCUT2D eigenvalue weighted by molar-refractivity contribution is 7.93. The van der Waals surface area contributed by atoms with E-state index >= 15 is 0 Å². The first kappa shape index (κ1) is 24.0. The fraction of sp³-hybridized carbons (Fsp3) is 0.455. The van der Waals surface area contributed by atoms with Gasteiger partial charge in [-0.25, -0.2) is 13.4 Å². The van der Waals surface area contributed by atoms with Gasteiger partial charge in [0, 0.05) is 18.3 Å². The molecule has 1 saturated carbocycles. The molecule has 1 aliphatic carbocycles. The predicted octanol–water partition coefficient (Wildman–Crippen LogP) is 4.04. The lowest BCUT2D eigenvalue weighted by Crippen LogP contribution is -2.50. The van der Waals surface area contributed by atoms with Crippen LogP contribution in [0.5, 0.6) is 5.88 Å². The molecular formula is C22H25F3N2O4S. The number of carbonyl (C=O) groups excluding carboxylic acids is 1. The number of aryl methyl sites for hydroxylation is 2. The number of rotatable bonds is 7. The Morgan fingerprint density at radius 2 is 1.88 bits per heavy atom. The Hall–Kier alpha value is -2.62. The maximum absolute atomic E-state index is 13.6. The van der Waals surface area contributed by atoms with Gasteiger partial charge in [-0.05, 0) is 49.9 Å². The van der Waals surface area contributed by atoms with E-state index in [2.05, 4.69) is 10.3 Å². The van der Waals surface area contributed by atoms with Crippen LogP contribution in [-0.2, 0) is 21.2 Å². The number of hydrogen-bond donors (Lipinski definition) is 1. The summed E-state index contributed by atoms with van der Waals surface area (Å²) in [6, 6.07) is 8.06. The van der Waals surface area contributed by atoms with E-state index in [4.69, 9.17) is 4.74 Å². The van der Waals surface area contributed by atoms with Crippen molar-refractivity contribution in [3.05, 3.63) is 53.2 Å². The standard InChI is InChI=1S/C22H25F3N2O4S/c1-15-7-8-16(2)18(12-15)32(29,30)21(9-3-4-10-21)20(28)27-13-17-6-5-11-26-19(17)31-14-22(23,24)25/h5-8,11-12H,3-4,9-10,13-14H2,1-2H3,(H,27,28). The number of benzene rings is 1. The Balaban J connectivity index is 1.85. The second kappa shape index (κ2) is 9.09. The van der Waals surface area contributed by atoms with Crippen LogP contribution in [0, 0.1) is 13.8 Å². The zero-order valence-electron chi connectivity index (χ0n) is 17.8. The van der Waals surface area contributed by atoms with Crippen molar-refractivity contribution >= 4 is 15.7 Å². The summed E-state index contributed by atoms with van der Waals surface area (Å²) in [6.45, 7) is 1.75. The van der Waals surface area contributed by atoms with Gasteiger partial charge in [0.05, 0.1) is 4.90 Å². The second-order valence-electron chi connectivity index (χ2n) is 8.03. The summed E-state index contributed by atoms with van der Waals surface area (Å²) in [5.41, 5.74) is 1.55. The Kier molecular flexibility index (Phi) is 6.83. The van der Waals surface area contributed by atoms with Crippen molar-refractivity contribution in [2.75, 3.05) is 6.61 Å². The third kappa shape index (κ3) is 4.90. The average Bonchev–Trinajstić information content (AvgIpc) is 3.24. The Bertz CT molecular complexity index is 1090. The molecule has 174 valence electrons. The highest BCUT2D eigenvalue weighted by Gasteiger charge is 2.53. The van der Waals surface area contributed by atoms with Crippen molar-refractivity contribution in [1.82, 2.24) is 10.3 Å². The second-order valence-corrected chi connectivity index (χ2v) is 10.3. The van der Waals surface area contributed by atoms with E-state index in [1.807, 2.05) is 0 Å². The minimum absolute atomic E-state index is 0.130. The predicted molar refractivity (Wildman–Crippen MR) is 112 cm³/mol. The molecule has 0 unspecified atom stereocenters. The summed E-state index contributed by atoms with van der Waals surface area (Å²) < 4.78 is 67.9. The Morgan fingerprint density at radius 3 is 2.53 bits per heavy atom. The lowest BCUT2D eigenvalue weighted by atomic mass is 10.1. The molecule has 1 fully saturated rings. The number of nitrogens with one attached hydrogen (secondary N) is 1. The number of amides is 1. The number of ether oxygens (including phenoxy) is 1. The summed E-state index contributed by atoms with van der Waals surface area (Å²) in [6.07, 6.45) is -1.72. The summed E-state index contributed by atoms with van der Waals surface area (Å²) in [7, 11) is -4.00. The molecule has 1 aromatic carbocycles. The SMILES string of the molecule is Cc1ccc(C)c(S(=O)(=O)C2(C(=O)NCc3cccnc3OCC(F)(F)F)CCCC2)c1. The Morgan fingerprint density at radius 1 is 1.19 bits per heavy atom. The maximum Gasteiger partial charge on any atom is 0.422 e. The molecule has 1 amide bonds. The van der Waals surface area contributed by atoms with E-state index in [-0.39, 0.29) is 35.7 Å². The lowest BCUT2D eigenvalue weighted by molar-refractivity contribution is -0.154. The lowest BCUT2D eigenvalue weighted by Gasteiger charge is -2.28. The summed E-state index contributed by atoms with van der Waals surface area (Å²) in [4.78, 5) is 17.2. The highest BCUT2D eigenvalue weighted by atomic mass is 32.2. The van der Waals surface area contributed by atoms with Crippen LogP contribution >= 0.6 is 0 Å². The van der Waals surface area contributed by atoms with Gasteiger partial charge >= 0.3 is 6.18 Å². The van der Waals surface area contributed by atoms with Gasteiger partial charge in [-0.2, -0.15) is 13.2 Å². The first-order chi connectivity index (χ1) is 15.0. The van der Waals surface area contributed by atoms with Crippen LogP contribution in [0.4, 0.5) is 13.2 Å². The van der Waals surface area contributed by atoms with Crippen LogP contribution in [0.25, 0.3) is 0 Å². The number of carbonyl (C=O) groups is 1. The molecule has 0 saturated heterocycles. The molecule has 0 aliphatic heterocycles. The number of alkyl halides is 3. The summed E-state index contributed by atoms with van der Waals surface area (Å²) >= 11 is 0. The highest BCUT2D eigenvalue weighted by Crippen LogP contribution is 2.42. The monoisotopic (exact) mass is 470 g/mol. The third-order valence-electron chi connectivity index (χ3n) is 5.63. The molecule has 1 aliphatic rings. The molecule has 6 nitrogen and oxygen atoms in total. The fourth-order valence-corrected chi connectivity index (χ4v) is 6.34. The third-order valence-corrected chi connectivity index (χ3v) is 8.28. The van der Waals surface area contributed by atoms with Crippen LogP contribution in [0.1, 0.15) is 42.4 Å². The number of pyridine rings is 1. The maximum atomic E-state index is 13.6. The van der Waals surface area contributed by atoms with E-state index in [1.165, 1.54) is 18.3 Å². The zero-order valence-corrected chi connectivity index (χ0v) is 18.6. The molecule has 10 heteroatoms. The van der Waals surface area contributed by atoms with Gasteiger partial charge in [-0.15, -0.1) is 0 Å². The van der Waals surface area contributed by atoms with Crippen LogP contribution in [0.3, 0.4) is 0 Å². The molecule has 0 atom stereocenters. The molecule has 2 aromatic rings. The normalized spacial score (nSPS) is 16.0. The van der Waals surface area contributed by atoms with Crippen LogP contribution in [0.2, 0.25) is 0 Å². The fourth-order valence-electron chi connectivity index (χ4n) is 3.95. The number of hydrogen-bond acceptors (Lipinski definition) is 5. The molecule has 32 heavy (non-hydrogen) atoms. The number of aromatic nitrogens is 1. The quantitative estimate of drug-likeness (QED) is 0.660. The minimum atomic E-state index is -4.54. The smallest absolute Gasteiger partial charge is 0.422 e. The van der Waals surface area contributed by atoms with E-state index in [0.717, 1.165) is 5.56 Å². The van der Waals surface area contributed by atoms with Crippen molar-refractivity contribution in [3.63, 3.8) is 0 Å². The van der Waals surface area contributed by atoms with Crippen molar-refractivity contribution in [1.29, 1.82) is 0 Å². The van der Waals surface area contributed by atoms with Crippen molar-refractivity contribution in [2.45, 2.75) is 61.9 Å². The van der Waals surface area contributed by atoms with Gasteiger partial charge in [0.25, 0.3) is 0 Å². The zero-order chi connectivity index (χ0) is 23.6. The van der Waals surface area contributed by atoms with E-state index in [0.29, 0.717) is 18.4 Å². The van der Waals surface area contributed by atoms with Crippen LogP contribution in [0.15, 0.2) is 41.4 Å². The van der Waals surface area contributed by atoms with Gasteiger partial charge in [-0.3, -0.25) is 4.79 Å². The summed E-state index contributed by atoms with van der Waals surface area (Å²) in [5, 5.41) is 2.61. The molecule has 1 aromatic heterocycles. The number of nitrogens with zero attached hydrogens (tertiary/aromatic N) is 1. The van der Waals surface area contributed by atoms with Gasteiger partial charge < -0.3 is 10.1 Å². The van der Waals surface area contributed by atoms with Crippen molar-refractivity contribution in [2.24, 2.45) is 0 Å². The largest absolute Gasteiger partial charge is 0.468 e. The molecule has 0 bridgehead atoms. The first-order valence-electron chi connectivity index (χ1n) is 10.2. The van der Waals surface area contributed by atoms with E-state index < -0.39 is 33.3 Å². The topological polar surface area (TPSA) is 85.4 Å². The molecule has 1 N–H and O–H groups in total. The Labute approximate surface area is 185 Å². The average molecular weight is 471 g/mol. The van der Waals surface area contributed by atoms with Gasteiger partial charge in [0.15, 0.2) is 21.2 Å². The number of halogens is 3. The molecular weight excluding hydrogens is 445 g/mol. The minimum Gasteiger partial charge on any atom is -0.468 e. The molecule has 3 rings (SSSR count). The van der Waals surface area contributed by atoms with Crippen molar-refractivity contribution in [3.8, 4) is 5.88 Å². The van der Waals surface area contributed by atoms with Gasteiger partial charge in [0.2, 0.25) is 11.8 Å². The number of sulfone groups is 1. The molecule has 0 radical (unpaired) electrons. The van der Waals surface area contributed by atoms with E-state index in [9.17, 15) is 26.4 Å². The van der Waals surface area contributed by atoms with E-state index in [1.54, 1.807) is 32.0 Å². The van der Waals surface area contributed by atoms with Gasteiger partial charge in [0.1, 0.15) is 0 Å². The van der Waals surface area contributed by atoms with Gasteiger partial charge in [-0.1, -0.05) is 31.0 Å². The van der Waals surface area contributed by atoms with Crippen LogP contribution < -0.4 is 10.1 Å². The van der Waals surface area contributed by atoms with Crippen molar-refractivity contribution < 1.29 is 31.1 Å². The summed E-state index contributed by atoms with van der Waals surface area (Å²) in [5.74, 6) is -0.926. The molecule has 0 spiro atoms. The molecule has 1 heterocycles. The first-order valence-corrected chi connectivity index (χ1v) is 11.7. The van der Waals surface area contributed by atoms with Crippen LogP contribution in [-0.4, -0.2) is 36.8 Å².